The number of nitro benzene ring substituents is 1. The van der Waals surface area contributed by atoms with Gasteiger partial charge in [0.05, 0.1) is 12.0 Å². The molecule has 1 aliphatic heterocycles. The molecule has 5 nitrogen and oxygen atoms in total. The molecule has 0 radical (unpaired) electrons. The van der Waals surface area contributed by atoms with Gasteiger partial charge in [0.2, 0.25) is 0 Å². The maximum atomic E-state index is 11.2. The second-order valence-corrected chi connectivity index (χ2v) is 6.06. The van der Waals surface area contributed by atoms with Gasteiger partial charge >= 0.3 is 0 Å². The summed E-state index contributed by atoms with van der Waals surface area (Å²) in [6, 6.07) is 10.9. The van der Waals surface area contributed by atoms with Gasteiger partial charge in [0.1, 0.15) is 5.75 Å². The van der Waals surface area contributed by atoms with Crippen LogP contribution in [0.25, 0.3) is 0 Å². The lowest BCUT2D eigenvalue weighted by atomic mass is 9.99. The van der Waals surface area contributed by atoms with E-state index in [1.807, 2.05) is 6.07 Å². The summed E-state index contributed by atoms with van der Waals surface area (Å²) in [6.07, 6.45) is 0.911. The quantitative estimate of drug-likeness (QED) is 0.631. The lowest BCUT2D eigenvalue weighted by Crippen LogP contribution is -2.30. The van der Waals surface area contributed by atoms with Crippen molar-refractivity contribution in [3.8, 4) is 5.75 Å². The second-order valence-electron chi connectivity index (χ2n) is 5.63. The number of methoxy groups -OCH3 is 1. The van der Waals surface area contributed by atoms with Gasteiger partial charge in [0.25, 0.3) is 5.69 Å². The fraction of sp³-hybridized carbons (Fsp3) is 0.294. The molecule has 1 aliphatic rings. The van der Waals surface area contributed by atoms with Gasteiger partial charge in [-0.2, -0.15) is 0 Å². The molecular formula is C17H17ClN2O3. The zero-order chi connectivity index (χ0) is 16.4. The van der Waals surface area contributed by atoms with Crippen molar-refractivity contribution in [3.05, 3.63) is 68.2 Å². The highest BCUT2D eigenvalue weighted by Gasteiger charge is 2.21. The summed E-state index contributed by atoms with van der Waals surface area (Å²) in [7, 11) is 1.66. The fourth-order valence-electron chi connectivity index (χ4n) is 2.93. The van der Waals surface area contributed by atoms with Crippen LogP contribution in [0.1, 0.15) is 16.7 Å². The van der Waals surface area contributed by atoms with Gasteiger partial charge < -0.3 is 4.74 Å². The standard InChI is InChI=1S/C17H17ClN2O3/c1-23-16-5-3-13-10-19(7-6-12(13)8-16)11-14-2-4-15(18)9-17(14)20(21)22/h2-5,8-9H,6-7,10-11H2,1H3. The van der Waals surface area contributed by atoms with Crippen molar-refractivity contribution >= 4 is 17.3 Å². The van der Waals surface area contributed by atoms with Crippen LogP contribution >= 0.6 is 11.6 Å². The fourth-order valence-corrected chi connectivity index (χ4v) is 3.10. The summed E-state index contributed by atoms with van der Waals surface area (Å²) in [5.74, 6) is 0.866. The topological polar surface area (TPSA) is 55.6 Å². The largest absolute Gasteiger partial charge is 0.497 e. The Bertz CT molecular complexity index is 749. The number of fused-ring (bicyclic) bond motifs is 1. The van der Waals surface area contributed by atoms with E-state index in [-0.39, 0.29) is 10.6 Å². The molecule has 0 aliphatic carbocycles. The lowest BCUT2D eigenvalue weighted by Gasteiger charge is -2.29. The molecule has 3 rings (SSSR count). The van der Waals surface area contributed by atoms with Crippen molar-refractivity contribution < 1.29 is 9.66 Å². The van der Waals surface area contributed by atoms with E-state index >= 15 is 0 Å². The van der Waals surface area contributed by atoms with E-state index in [4.69, 9.17) is 16.3 Å². The van der Waals surface area contributed by atoms with Crippen molar-refractivity contribution in [2.75, 3.05) is 13.7 Å². The molecule has 0 aromatic heterocycles. The number of benzene rings is 2. The molecule has 0 saturated carbocycles. The Balaban J connectivity index is 1.79. The normalized spacial score (nSPS) is 14.3. The number of halogens is 1. The van der Waals surface area contributed by atoms with Crippen LogP contribution in [0.15, 0.2) is 36.4 Å². The molecule has 0 spiro atoms. The molecule has 0 fully saturated rings. The molecular weight excluding hydrogens is 316 g/mol. The number of hydrogen-bond acceptors (Lipinski definition) is 4. The molecule has 0 bridgehead atoms. The van der Waals surface area contributed by atoms with E-state index in [0.29, 0.717) is 17.1 Å². The predicted octanol–water partition coefficient (Wildman–Crippen LogP) is 3.82. The predicted molar refractivity (Wildman–Crippen MR) is 88.9 cm³/mol. The highest BCUT2D eigenvalue weighted by molar-refractivity contribution is 6.30. The summed E-state index contributed by atoms with van der Waals surface area (Å²) in [6.45, 7) is 2.18. The smallest absolute Gasteiger partial charge is 0.275 e. The first kappa shape index (κ1) is 15.8. The minimum atomic E-state index is -0.371. The van der Waals surface area contributed by atoms with Crippen LogP contribution in [0, 0.1) is 10.1 Å². The SMILES string of the molecule is COc1ccc2c(c1)CCN(Cc1ccc(Cl)cc1[N+](=O)[O-])C2. The molecule has 1 heterocycles. The maximum Gasteiger partial charge on any atom is 0.275 e. The van der Waals surface area contributed by atoms with E-state index in [9.17, 15) is 10.1 Å². The highest BCUT2D eigenvalue weighted by atomic mass is 35.5. The Kier molecular flexibility index (Phi) is 4.50. The first-order valence-electron chi connectivity index (χ1n) is 7.38. The molecule has 0 saturated heterocycles. The van der Waals surface area contributed by atoms with Gasteiger partial charge in [0, 0.05) is 36.3 Å². The van der Waals surface area contributed by atoms with E-state index in [0.717, 1.165) is 25.3 Å². The molecule has 0 amide bonds. The minimum Gasteiger partial charge on any atom is -0.497 e. The molecule has 23 heavy (non-hydrogen) atoms. The number of hydrogen-bond donors (Lipinski definition) is 0. The van der Waals surface area contributed by atoms with Crippen LogP contribution in [-0.4, -0.2) is 23.5 Å². The van der Waals surface area contributed by atoms with E-state index < -0.39 is 0 Å². The van der Waals surface area contributed by atoms with Crippen LogP contribution in [-0.2, 0) is 19.5 Å². The van der Waals surface area contributed by atoms with Gasteiger partial charge in [-0.1, -0.05) is 17.7 Å². The second kappa shape index (κ2) is 6.56. The number of ether oxygens (including phenoxy) is 1. The van der Waals surface area contributed by atoms with Gasteiger partial charge in [0.15, 0.2) is 0 Å². The van der Waals surface area contributed by atoms with Crippen molar-refractivity contribution in [1.82, 2.24) is 4.90 Å². The van der Waals surface area contributed by atoms with Crippen LogP contribution in [0.3, 0.4) is 0 Å². The first-order valence-corrected chi connectivity index (χ1v) is 7.75. The van der Waals surface area contributed by atoms with Crippen LogP contribution < -0.4 is 4.74 Å². The third-order valence-electron chi connectivity index (χ3n) is 4.14. The van der Waals surface area contributed by atoms with E-state index in [1.165, 1.54) is 17.2 Å². The summed E-state index contributed by atoms with van der Waals surface area (Å²) < 4.78 is 5.25. The summed E-state index contributed by atoms with van der Waals surface area (Å²) in [5, 5.41) is 11.6. The van der Waals surface area contributed by atoms with Gasteiger partial charge in [-0.25, -0.2) is 0 Å². The van der Waals surface area contributed by atoms with Gasteiger partial charge in [-0.05, 0) is 41.8 Å². The van der Waals surface area contributed by atoms with Crippen LogP contribution in [0.2, 0.25) is 5.02 Å². The molecule has 2 aromatic carbocycles. The Hall–Kier alpha value is -2.11. The highest BCUT2D eigenvalue weighted by Crippen LogP contribution is 2.28. The van der Waals surface area contributed by atoms with Crippen LogP contribution in [0.4, 0.5) is 5.69 Å². The monoisotopic (exact) mass is 332 g/mol. The zero-order valence-electron chi connectivity index (χ0n) is 12.8. The first-order chi connectivity index (χ1) is 11.1. The average molecular weight is 333 g/mol. The third kappa shape index (κ3) is 3.46. The molecule has 0 atom stereocenters. The molecule has 2 aromatic rings. The van der Waals surface area contributed by atoms with Gasteiger partial charge in [-0.15, -0.1) is 0 Å². The number of nitrogens with zero attached hydrogens (tertiary/aromatic N) is 2. The lowest BCUT2D eigenvalue weighted by molar-refractivity contribution is -0.385. The van der Waals surface area contributed by atoms with Crippen molar-refractivity contribution in [2.24, 2.45) is 0 Å². The summed E-state index contributed by atoms with van der Waals surface area (Å²) >= 11 is 5.87. The van der Waals surface area contributed by atoms with E-state index in [2.05, 4.69) is 17.0 Å². The van der Waals surface area contributed by atoms with Gasteiger partial charge in [-0.3, -0.25) is 15.0 Å². The third-order valence-corrected chi connectivity index (χ3v) is 4.38. The summed E-state index contributed by atoms with van der Waals surface area (Å²) in [5.41, 5.74) is 3.30. The number of nitro groups is 1. The Morgan fingerprint density at radius 2 is 2.09 bits per heavy atom. The Labute approximate surface area is 139 Å². The molecule has 120 valence electrons. The summed E-state index contributed by atoms with van der Waals surface area (Å²) in [4.78, 5) is 13.0. The van der Waals surface area contributed by atoms with E-state index in [1.54, 1.807) is 19.2 Å². The maximum absolute atomic E-state index is 11.2. The molecule has 0 N–H and O–H groups in total. The Morgan fingerprint density at radius 1 is 1.26 bits per heavy atom. The average Bonchev–Trinajstić information content (AvgIpc) is 2.55. The molecule has 6 heteroatoms. The number of rotatable bonds is 4. The van der Waals surface area contributed by atoms with Crippen LogP contribution in [0.5, 0.6) is 5.75 Å². The minimum absolute atomic E-state index is 0.0815. The zero-order valence-corrected chi connectivity index (χ0v) is 13.5. The Morgan fingerprint density at radius 3 is 2.83 bits per heavy atom. The van der Waals surface area contributed by atoms with Crippen molar-refractivity contribution in [2.45, 2.75) is 19.5 Å². The van der Waals surface area contributed by atoms with Crippen molar-refractivity contribution in [1.29, 1.82) is 0 Å². The van der Waals surface area contributed by atoms with Crippen molar-refractivity contribution in [3.63, 3.8) is 0 Å². The molecule has 0 unspecified atom stereocenters.